The number of carbonyl (C=O) groups excluding carboxylic acids is 1. The van der Waals surface area contributed by atoms with Crippen LogP contribution in [0.1, 0.15) is 16.2 Å². The standard InChI is InChI=1S/C14H21N5O2/c1-9-3-12(17-14(15)16-9)13(20)19-5-10-4-18(2)6-11(19)8-21-7-10/h3,10-11H,4-8H2,1-2H3,(H2,15,16,17)/t10-,11-/m0/s1. The topological polar surface area (TPSA) is 84.6 Å². The van der Waals surface area contributed by atoms with Gasteiger partial charge in [-0.2, -0.15) is 0 Å². The molecule has 3 rings (SSSR count). The SMILES string of the molecule is Cc1cc(C(=O)N2C[C@H]3COC[C@@H]2CN(C)C3)nc(N)n1. The molecule has 1 amide bonds. The van der Waals surface area contributed by atoms with Crippen molar-refractivity contribution in [3.05, 3.63) is 17.5 Å². The lowest BCUT2D eigenvalue weighted by molar-refractivity contribution is 0.0480. The first-order valence-corrected chi connectivity index (χ1v) is 7.21. The highest BCUT2D eigenvalue weighted by atomic mass is 16.5. The van der Waals surface area contributed by atoms with Crippen molar-refractivity contribution in [2.75, 3.05) is 45.6 Å². The second-order valence-electron chi connectivity index (χ2n) is 5.99. The zero-order valence-corrected chi connectivity index (χ0v) is 12.5. The number of nitrogens with two attached hydrogens (primary N) is 1. The summed E-state index contributed by atoms with van der Waals surface area (Å²) in [6.45, 7) is 5.57. The maximum Gasteiger partial charge on any atom is 0.273 e. The zero-order valence-electron chi connectivity index (χ0n) is 12.5. The second-order valence-corrected chi connectivity index (χ2v) is 5.99. The number of anilines is 1. The zero-order chi connectivity index (χ0) is 15.0. The van der Waals surface area contributed by atoms with E-state index < -0.39 is 0 Å². The van der Waals surface area contributed by atoms with Crippen LogP contribution in [-0.2, 0) is 4.74 Å². The largest absolute Gasteiger partial charge is 0.379 e. The molecule has 7 nitrogen and oxygen atoms in total. The molecule has 2 saturated heterocycles. The maximum atomic E-state index is 12.8. The van der Waals surface area contributed by atoms with E-state index in [0.717, 1.165) is 13.1 Å². The number of nitrogen functional groups attached to an aromatic ring is 1. The Labute approximate surface area is 124 Å². The highest BCUT2D eigenvalue weighted by molar-refractivity contribution is 5.93. The fourth-order valence-electron chi connectivity index (χ4n) is 3.17. The Bertz CT molecular complexity index is 530. The predicted octanol–water partition coefficient (Wildman–Crippen LogP) is -0.230. The molecule has 0 spiro atoms. The minimum atomic E-state index is -0.0806. The summed E-state index contributed by atoms with van der Waals surface area (Å²) in [4.78, 5) is 25.1. The summed E-state index contributed by atoms with van der Waals surface area (Å²) in [6, 6.07) is 1.75. The van der Waals surface area contributed by atoms with Crippen molar-refractivity contribution in [2.45, 2.75) is 13.0 Å². The van der Waals surface area contributed by atoms with Crippen LogP contribution in [0.25, 0.3) is 0 Å². The molecule has 0 aliphatic carbocycles. The predicted molar refractivity (Wildman–Crippen MR) is 77.8 cm³/mol. The van der Waals surface area contributed by atoms with Gasteiger partial charge in [0.25, 0.3) is 5.91 Å². The molecule has 2 aliphatic heterocycles. The number of nitrogens with zero attached hydrogens (tertiary/aromatic N) is 4. The van der Waals surface area contributed by atoms with Crippen molar-refractivity contribution in [2.24, 2.45) is 5.92 Å². The van der Waals surface area contributed by atoms with Gasteiger partial charge in [0.2, 0.25) is 5.95 Å². The lowest BCUT2D eigenvalue weighted by Crippen LogP contribution is -2.46. The summed E-state index contributed by atoms with van der Waals surface area (Å²) in [5.74, 6) is 0.402. The average Bonchev–Trinajstić information content (AvgIpc) is 2.66. The van der Waals surface area contributed by atoms with Crippen LogP contribution >= 0.6 is 0 Å². The molecule has 0 saturated carbocycles. The summed E-state index contributed by atoms with van der Waals surface area (Å²) in [6.07, 6.45) is 0. The van der Waals surface area contributed by atoms with Crippen molar-refractivity contribution in [1.82, 2.24) is 19.8 Å². The van der Waals surface area contributed by atoms with Gasteiger partial charge in [0.1, 0.15) is 5.69 Å². The molecular weight excluding hydrogens is 270 g/mol. The molecule has 0 unspecified atom stereocenters. The summed E-state index contributed by atoms with van der Waals surface area (Å²) in [7, 11) is 2.09. The van der Waals surface area contributed by atoms with E-state index in [-0.39, 0.29) is 17.9 Å². The monoisotopic (exact) mass is 291 g/mol. The third-order valence-corrected chi connectivity index (χ3v) is 4.00. The summed E-state index contributed by atoms with van der Waals surface area (Å²) >= 11 is 0. The minimum absolute atomic E-state index is 0.0616. The number of aryl methyl sites for hydroxylation is 1. The smallest absolute Gasteiger partial charge is 0.273 e. The Kier molecular flexibility index (Phi) is 3.77. The Balaban J connectivity index is 1.89. The minimum Gasteiger partial charge on any atom is -0.379 e. The van der Waals surface area contributed by atoms with Crippen molar-refractivity contribution in [3.8, 4) is 0 Å². The molecule has 3 heterocycles. The summed E-state index contributed by atoms with van der Waals surface area (Å²) in [5.41, 5.74) is 6.74. The molecule has 2 fully saturated rings. The number of fused-ring (bicyclic) bond motifs is 3. The molecule has 1 aromatic heterocycles. The number of aromatic nitrogens is 2. The Morgan fingerprint density at radius 2 is 2.14 bits per heavy atom. The number of hydrogen-bond acceptors (Lipinski definition) is 6. The molecule has 2 atom stereocenters. The molecule has 7 heteroatoms. The van der Waals surface area contributed by atoms with Crippen molar-refractivity contribution < 1.29 is 9.53 Å². The average molecular weight is 291 g/mol. The number of likely N-dealkylation sites (N-methyl/N-ethyl adjacent to an activating group) is 1. The van der Waals surface area contributed by atoms with Crippen LogP contribution in [0.5, 0.6) is 0 Å². The third-order valence-electron chi connectivity index (χ3n) is 4.00. The van der Waals surface area contributed by atoms with Gasteiger partial charge in [0.15, 0.2) is 0 Å². The summed E-state index contributed by atoms with van der Waals surface area (Å²) < 4.78 is 5.70. The fourth-order valence-corrected chi connectivity index (χ4v) is 3.17. The number of ether oxygens (including phenoxy) is 1. The Morgan fingerprint density at radius 1 is 1.33 bits per heavy atom. The number of hydrogen-bond donors (Lipinski definition) is 1. The lowest BCUT2D eigenvalue weighted by atomic mass is 10.1. The number of rotatable bonds is 1. The van der Waals surface area contributed by atoms with Gasteiger partial charge in [0, 0.05) is 31.2 Å². The van der Waals surface area contributed by atoms with E-state index in [9.17, 15) is 4.79 Å². The number of amides is 1. The van der Waals surface area contributed by atoms with Crippen LogP contribution in [0.4, 0.5) is 5.95 Å². The van der Waals surface area contributed by atoms with Crippen molar-refractivity contribution in [1.29, 1.82) is 0 Å². The Morgan fingerprint density at radius 3 is 2.90 bits per heavy atom. The van der Waals surface area contributed by atoms with Gasteiger partial charge in [-0.15, -0.1) is 0 Å². The van der Waals surface area contributed by atoms with Crippen LogP contribution in [0.2, 0.25) is 0 Å². The molecule has 2 N–H and O–H groups in total. The highest BCUT2D eigenvalue weighted by Crippen LogP contribution is 2.20. The van der Waals surface area contributed by atoms with Crippen molar-refractivity contribution >= 4 is 11.9 Å². The van der Waals surface area contributed by atoms with Crippen LogP contribution in [0.15, 0.2) is 6.07 Å². The maximum absolute atomic E-state index is 12.8. The molecule has 0 radical (unpaired) electrons. The molecule has 0 aromatic carbocycles. The summed E-state index contributed by atoms with van der Waals surface area (Å²) in [5, 5.41) is 0. The van der Waals surface area contributed by atoms with Gasteiger partial charge in [-0.3, -0.25) is 4.79 Å². The van der Waals surface area contributed by atoms with Crippen LogP contribution < -0.4 is 5.73 Å². The molecule has 2 aliphatic rings. The van der Waals surface area contributed by atoms with E-state index >= 15 is 0 Å². The van der Waals surface area contributed by atoms with Crippen LogP contribution in [-0.4, -0.2) is 71.6 Å². The van der Waals surface area contributed by atoms with Crippen LogP contribution in [0.3, 0.4) is 0 Å². The van der Waals surface area contributed by atoms with E-state index in [0.29, 0.717) is 37.1 Å². The molecule has 2 bridgehead atoms. The van der Waals surface area contributed by atoms with E-state index in [1.165, 1.54) is 0 Å². The fraction of sp³-hybridized carbons (Fsp3) is 0.643. The first-order chi connectivity index (χ1) is 10.0. The van der Waals surface area contributed by atoms with Gasteiger partial charge in [0.05, 0.1) is 19.3 Å². The second kappa shape index (κ2) is 5.57. The van der Waals surface area contributed by atoms with E-state index in [2.05, 4.69) is 21.9 Å². The quantitative estimate of drug-likeness (QED) is 0.769. The normalized spacial score (nSPS) is 26.5. The number of carbonyl (C=O) groups is 1. The Hall–Kier alpha value is -1.73. The molecule has 114 valence electrons. The van der Waals surface area contributed by atoms with Crippen LogP contribution in [0, 0.1) is 12.8 Å². The van der Waals surface area contributed by atoms with Gasteiger partial charge in [-0.05, 0) is 20.0 Å². The van der Waals surface area contributed by atoms with Gasteiger partial charge in [-0.25, -0.2) is 9.97 Å². The van der Waals surface area contributed by atoms with Gasteiger partial charge < -0.3 is 20.3 Å². The van der Waals surface area contributed by atoms with E-state index in [1.807, 2.05) is 11.8 Å². The lowest BCUT2D eigenvalue weighted by Gasteiger charge is -2.29. The van der Waals surface area contributed by atoms with Gasteiger partial charge in [-0.1, -0.05) is 0 Å². The van der Waals surface area contributed by atoms with Gasteiger partial charge >= 0.3 is 0 Å². The third kappa shape index (κ3) is 2.98. The molecular formula is C14H21N5O2. The molecule has 1 aromatic rings. The van der Waals surface area contributed by atoms with E-state index in [4.69, 9.17) is 10.5 Å². The first-order valence-electron chi connectivity index (χ1n) is 7.21. The first kappa shape index (κ1) is 14.2. The van der Waals surface area contributed by atoms with E-state index in [1.54, 1.807) is 6.07 Å². The van der Waals surface area contributed by atoms with Crippen molar-refractivity contribution in [3.63, 3.8) is 0 Å². The highest BCUT2D eigenvalue weighted by Gasteiger charge is 2.35. The molecule has 21 heavy (non-hydrogen) atoms.